The average molecular weight is 389 g/mol. The molecule has 29 heavy (non-hydrogen) atoms. The normalized spacial score (nSPS) is 10.9. The van der Waals surface area contributed by atoms with Gasteiger partial charge in [0, 0.05) is 29.5 Å². The van der Waals surface area contributed by atoms with Crippen LogP contribution in [0.2, 0.25) is 0 Å². The second kappa shape index (κ2) is 8.14. The average Bonchev–Trinajstić information content (AvgIpc) is 3.21. The number of oxazole rings is 1. The molecule has 0 aliphatic rings. The molecule has 0 saturated carbocycles. The second-order valence-electron chi connectivity index (χ2n) is 6.56. The van der Waals surface area contributed by atoms with Gasteiger partial charge in [-0.3, -0.25) is 4.79 Å². The van der Waals surface area contributed by atoms with Crippen LogP contribution >= 0.6 is 0 Å². The van der Waals surface area contributed by atoms with Crippen molar-refractivity contribution in [2.45, 2.75) is 26.2 Å². The quantitative estimate of drug-likeness (QED) is 0.273. The predicted octanol–water partition coefficient (Wildman–Crippen LogP) is 4.55. The van der Waals surface area contributed by atoms with Gasteiger partial charge in [0.1, 0.15) is 11.3 Å². The van der Waals surface area contributed by atoms with E-state index < -0.39 is 11.6 Å². The highest BCUT2D eigenvalue weighted by Gasteiger charge is 2.12. The van der Waals surface area contributed by atoms with E-state index in [0.29, 0.717) is 35.8 Å². The molecule has 0 amide bonds. The third-order valence-corrected chi connectivity index (χ3v) is 4.57. The Labute approximate surface area is 166 Å². The van der Waals surface area contributed by atoms with Gasteiger partial charge < -0.3 is 13.6 Å². The van der Waals surface area contributed by atoms with E-state index in [2.05, 4.69) is 4.98 Å². The van der Waals surface area contributed by atoms with Gasteiger partial charge in [-0.2, -0.15) is 0 Å². The van der Waals surface area contributed by atoms with Gasteiger partial charge in [-0.15, -0.1) is 0 Å². The molecule has 2 aromatic heterocycles. The molecule has 0 aliphatic heterocycles. The van der Waals surface area contributed by atoms with Crippen molar-refractivity contribution < 1.29 is 18.4 Å². The summed E-state index contributed by atoms with van der Waals surface area (Å²) < 4.78 is 16.3. The minimum atomic E-state index is -0.420. The molecule has 2 heterocycles. The molecular weight excluding hydrogens is 370 g/mol. The van der Waals surface area contributed by atoms with E-state index in [-0.39, 0.29) is 6.42 Å². The summed E-state index contributed by atoms with van der Waals surface area (Å²) >= 11 is 0. The first kappa shape index (κ1) is 18.7. The Morgan fingerprint density at radius 1 is 1.07 bits per heavy atom. The van der Waals surface area contributed by atoms with Crippen LogP contribution in [-0.4, -0.2) is 11.0 Å². The fourth-order valence-electron chi connectivity index (χ4n) is 3.12. The lowest BCUT2D eigenvalue weighted by atomic mass is 10.1. The number of ether oxygens (including phenoxy) is 1. The Hall–Kier alpha value is -3.67. The van der Waals surface area contributed by atoms with Gasteiger partial charge in [0.2, 0.25) is 0 Å². The summed E-state index contributed by atoms with van der Waals surface area (Å²) in [5.41, 5.74) is 1.81. The van der Waals surface area contributed by atoms with Gasteiger partial charge in [0.25, 0.3) is 0 Å². The number of aromatic nitrogens is 1. The highest BCUT2D eigenvalue weighted by Crippen LogP contribution is 2.24. The van der Waals surface area contributed by atoms with Crippen LogP contribution in [0.5, 0.6) is 5.75 Å². The number of esters is 1. The SMILES string of the molecule is CCc1cc(=O)oc2cc(OC(=O)CCc3ncc(-c4ccccc4)o3)ccc12. The highest BCUT2D eigenvalue weighted by molar-refractivity contribution is 5.82. The predicted molar refractivity (Wildman–Crippen MR) is 108 cm³/mol. The van der Waals surface area contributed by atoms with Gasteiger partial charge in [-0.05, 0) is 24.1 Å². The van der Waals surface area contributed by atoms with Crippen LogP contribution in [0, 0.1) is 0 Å². The molecule has 0 N–H and O–H groups in total. The van der Waals surface area contributed by atoms with E-state index in [0.717, 1.165) is 16.5 Å². The maximum Gasteiger partial charge on any atom is 0.336 e. The molecule has 6 nitrogen and oxygen atoms in total. The smallest absolute Gasteiger partial charge is 0.336 e. The Bertz CT molecular complexity index is 1210. The molecule has 4 aromatic rings. The zero-order valence-electron chi connectivity index (χ0n) is 15.9. The Morgan fingerprint density at radius 3 is 2.69 bits per heavy atom. The number of carbonyl (C=O) groups excluding carboxylic acids is 1. The number of carbonyl (C=O) groups is 1. The van der Waals surface area contributed by atoms with Crippen LogP contribution in [0.4, 0.5) is 0 Å². The van der Waals surface area contributed by atoms with E-state index in [1.54, 1.807) is 24.4 Å². The molecule has 0 unspecified atom stereocenters. The summed E-state index contributed by atoms with van der Waals surface area (Å²) in [6, 6.07) is 16.2. The fraction of sp³-hybridized carbons (Fsp3) is 0.174. The highest BCUT2D eigenvalue weighted by atomic mass is 16.5. The molecule has 0 bridgehead atoms. The standard InChI is InChI=1S/C23H19NO5/c1-2-15-12-23(26)29-19-13-17(8-9-18(15)19)27-22(25)11-10-21-24-14-20(28-21)16-6-4-3-5-7-16/h3-9,12-14H,2,10-11H2,1H3. The molecule has 0 spiro atoms. The minimum absolute atomic E-state index is 0.117. The van der Waals surface area contributed by atoms with Crippen LogP contribution in [0.25, 0.3) is 22.3 Å². The van der Waals surface area contributed by atoms with E-state index >= 15 is 0 Å². The Kier molecular flexibility index (Phi) is 5.24. The zero-order chi connectivity index (χ0) is 20.2. The van der Waals surface area contributed by atoms with Crippen molar-refractivity contribution in [1.82, 2.24) is 4.98 Å². The van der Waals surface area contributed by atoms with Gasteiger partial charge in [-0.25, -0.2) is 9.78 Å². The van der Waals surface area contributed by atoms with Gasteiger partial charge >= 0.3 is 11.6 Å². The summed E-state index contributed by atoms with van der Waals surface area (Å²) in [5.74, 6) is 1.04. The summed E-state index contributed by atoms with van der Waals surface area (Å²) in [6.45, 7) is 1.97. The van der Waals surface area contributed by atoms with Crippen molar-refractivity contribution in [3.63, 3.8) is 0 Å². The first-order chi connectivity index (χ1) is 14.1. The number of benzene rings is 2. The van der Waals surface area contributed by atoms with Gasteiger partial charge in [0.15, 0.2) is 11.7 Å². The summed E-state index contributed by atoms with van der Waals surface area (Å²) in [5, 5.41) is 0.833. The van der Waals surface area contributed by atoms with Crippen molar-refractivity contribution in [2.24, 2.45) is 0 Å². The molecule has 6 heteroatoms. The molecule has 0 fully saturated rings. The topological polar surface area (TPSA) is 82.5 Å². The van der Waals surface area contributed by atoms with Crippen LogP contribution in [0.15, 0.2) is 74.4 Å². The van der Waals surface area contributed by atoms with Crippen molar-refractivity contribution >= 4 is 16.9 Å². The van der Waals surface area contributed by atoms with E-state index in [4.69, 9.17) is 13.6 Å². The molecule has 2 aromatic carbocycles. The second-order valence-corrected chi connectivity index (χ2v) is 6.56. The van der Waals surface area contributed by atoms with Crippen molar-refractivity contribution in [2.75, 3.05) is 0 Å². The lowest BCUT2D eigenvalue weighted by Crippen LogP contribution is -2.09. The minimum Gasteiger partial charge on any atom is -0.441 e. The fourth-order valence-corrected chi connectivity index (χ4v) is 3.12. The number of hydrogen-bond acceptors (Lipinski definition) is 6. The number of hydrogen-bond donors (Lipinski definition) is 0. The molecule has 146 valence electrons. The molecule has 0 saturated heterocycles. The van der Waals surface area contributed by atoms with Crippen LogP contribution in [-0.2, 0) is 17.6 Å². The molecule has 0 radical (unpaired) electrons. The maximum atomic E-state index is 12.2. The molecule has 0 atom stereocenters. The zero-order valence-corrected chi connectivity index (χ0v) is 15.9. The number of nitrogens with zero attached hydrogens (tertiary/aromatic N) is 1. The number of fused-ring (bicyclic) bond motifs is 1. The van der Waals surface area contributed by atoms with Crippen molar-refractivity contribution in [3.8, 4) is 17.1 Å². The van der Waals surface area contributed by atoms with Crippen LogP contribution < -0.4 is 10.4 Å². The van der Waals surface area contributed by atoms with Crippen LogP contribution in [0.1, 0.15) is 24.8 Å². The van der Waals surface area contributed by atoms with Gasteiger partial charge in [0.05, 0.1) is 12.6 Å². The first-order valence-corrected chi connectivity index (χ1v) is 9.40. The lowest BCUT2D eigenvalue weighted by Gasteiger charge is -2.06. The van der Waals surface area contributed by atoms with Crippen molar-refractivity contribution in [1.29, 1.82) is 0 Å². The number of rotatable bonds is 6. The third kappa shape index (κ3) is 4.27. The molecule has 0 aliphatic carbocycles. The van der Waals surface area contributed by atoms with E-state index in [1.807, 2.05) is 37.3 Å². The van der Waals surface area contributed by atoms with E-state index in [9.17, 15) is 9.59 Å². The largest absolute Gasteiger partial charge is 0.441 e. The van der Waals surface area contributed by atoms with E-state index in [1.165, 1.54) is 6.07 Å². The summed E-state index contributed by atoms with van der Waals surface area (Å²) in [7, 11) is 0. The molecular formula is C23H19NO5. The summed E-state index contributed by atoms with van der Waals surface area (Å²) in [6.07, 6.45) is 2.80. The monoisotopic (exact) mass is 389 g/mol. The maximum absolute atomic E-state index is 12.2. The van der Waals surface area contributed by atoms with Gasteiger partial charge in [-0.1, -0.05) is 37.3 Å². The molecule has 4 rings (SSSR count). The first-order valence-electron chi connectivity index (χ1n) is 9.40. The Morgan fingerprint density at radius 2 is 1.90 bits per heavy atom. The Balaban J connectivity index is 1.41. The third-order valence-electron chi connectivity index (χ3n) is 4.57. The van der Waals surface area contributed by atoms with Crippen molar-refractivity contribution in [3.05, 3.63) is 82.7 Å². The lowest BCUT2D eigenvalue weighted by molar-refractivity contribution is -0.134. The van der Waals surface area contributed by atoms with Crippen LogP contribution in [0.3, 0.4) is 0 Å². The summed E-state index contributed by atoms with van der Waals surface area (Å²) in [4.78, 5) is 28.1. The number of aryl methyl sites for hydroxylation is 2.